The maximum Gasteiger partial charge on any atom is 0.259 e. The third-order valence-corrected chi connectivity index (χ3v) is 9.66. The Bertz CT molecular complexity index is 1710. The van der Waals surface area contributed by atoms with Crippen molar-refractivity contribution in [3.05, 3.63) is 101 Å². The summed E-state index contributed by atoms with van der Waals surface area (Å²) in [6.07, 6.45) is 5.16. The van der Waals surface area contributed by atoms with E-state index in [9.17, 15) is 4.79 Å². The standard InChI is InChI=1S/C33H34FN5O2S/c1-20(19-33(35-4)14-15-33)29-18-26-31(42-29)28(13-16-36-26)41-27-12-11-23(17-25(27)34)37-32(40)30-21(2)38(5)39(22(30)3)24-9-7-6-8-10-24/h6-13,16-18,20,35H,3,14-15,19H2,1-2,4-5H3,(H,37,40). The minimum atomic E-state index is -0.577. The van der Waals surface area contributed by atoms with Crippen LogP contribution in [0, 0.1) is 5.82 Å². The van der Waals surface area contributed by atoms with E-state index in [2.05, 4.69) is 35.2 Å². The average molecular weight is 584 g/mol. The molecule has 1 atom stereocenters. The van der Waals surface area contributed by atoms with Gasteiger partial charge in [-0.05, 0) is 69.5 Å². The van der Waals surface area contributed by atoms with Gasteiger partial charge >= 0.3 is 0 Å². The molecule has 1 saturated carbocycles. The molecule has 1 aliphatic heterocycles. The van der Waals surface area contributed by atoms with Crippen LogP contribution >= 0.6 is 11.3 Å². The third kappa shape index (κ3) is 5.14. The summed E-state index contributed by atoms with van der Waals surface area (Å²) in [6, 6.07) is 18.0. The number of hydrogen-bond donors (Lipinski definition) is 2. The van der Waals surface area contributed by atoms with Crippen molar-refractivity contribution < 1.29 is 13.9 Å². The lowest BCUT2D eigenvalue weighted by molar-refractivity contribution is -0.112. The Morgan fingerprint density at radius 2 is 1.93 bits per heavy atom. The Labute approximate surface area is 249 Å². The van der Waals surface area contributed by atoms with E-state index in [4.69, 9.17) is 4.74 Å². The quantitative estimate of drug-likeness (QED) is 0.212. The Kier molecular flexibility index (Phi) is 7.24. The Balaban J connectivity index is 1.17. The summed E-state index contributed by atoms with van der Waals surface area (Å²) in [5.41, 5.74) is 4.03. The van der Waals surface area contributed by atoms with Crippen molar-refractivity contribution in [2.75, 3.05) is 24.4 Å². The van der Waals surface area contributed by atoms with Crippen molar-refractivity contribution in [2.24, 2.45) is 0 Å². The molecular weight excluding hydrogens is 549 g/mol. The van der Waals surface area contributed by atoms with Crippen LogP contribution in [0.25, 0.3) is 10.2 Å². The number of hydrazine groups is 1. The second kappa shape index (κ2) is 10.9. The van der Waals surface area contributed by atoms with Crippen LogP contribution in [0.1, 0.15) is 43.9 Å². The lowest BCUT2D eigenvalue weighted by Crippen LogP contribution is -2.32. The molecule has 3 heterocycles. The molecule has 2 aromatic carbocycles. The number of amides is 1. The second-order valence-electron chi connectivity index (χ2n) is 11.1. The Hall–Kier alpha value is -4.21. The highest BCUT2D eigenvalue weighted by molar-refractivity contribution is 7.19. The number of nitrogens with zero attached hydrogens (tertiary/aromatic N) is 3. The summed E-state index contributed by atoms with van der Waals surface area (Å²) in [5.74, 6) is 0.0675. The van der Waals surface area contributed by atoms with E-state index in [1.165, 1.54) is 29.9 Å². The third-order valence-electron chi connectivity index (χ3n) is 8.29. The molecule has 42 heavy (non-hydrogen) atoms. The summed E-state index contributed by atoms with van der Waals surface area (Å²) in [4.78, 5) is 19.1. The number of carbonyl (C=O) groups is 1. The smallest absolute Gasteiger partial charge is 0.259 e. The Morgan fingerprint density at radius 3 is 2.62 bits per heavy atom. The van der Waals surface area contributed by atoms with Crippen LogP contribution in [-0.4, -0.2) is 35.5 Å². The van der Waals surface area contributed by atoms with Gasteiger partial charge in [-0.2, -0.15) is 0 Å². The van der Waals surface area contributed by atoms with Crippen LogP contribution in [0.3, 0.4) is 0 Å². The number of hydrogen-bond acceptors (Lipinski definition) is 7. The number of ether oxygens (including phenoxy) is 1. The zero-order chi connectivity index (χ0) is 29.6. The number of aromatic nitrogens is 1. The number of rotatable bonds is 9. The van der Waals surface area contributed by atoms with Gasteiger partial charge in [-0.3, -0.25) is 19.8 Å². The maximum atomic E-state index is 15.3. The molecule has 1 aliphatic carbocycles. The van der Waals surface area contributed by atoms with Crippen molar-refractivity contribution in [3.63, 3.8) is 0 Å². The minimum Gasteiger partial charge on any atom is -0.453 e. The Morgan fingerprint density at radius 1 is 1.17 bits per heavy atom. The van der Waals surface area contributed by atoms with Gasteiger partial charge in [0.25, 0.3) is 5.91 Å². The molecule has 2 N–H and O–H groups in total. The fraction of sp³-hybridized carbons (Fsp3) is 0.273. The molecule has 9 heteroatoms. The predicted octanol–water partition coefficient (Wildman–Crippen LogP) is 7.57. The van der Waals surface area contributed by atoms with Gasteiger partial charge in [0.05, 0.1) is 27.2 Å². The summed E-state index contributed by atoms with van der Waals surface area (Å²) in [6.45, 7) is 8.26. The summed E-state index contributed by atoms with van der Waals surface area (Å²) in [7, 11) is 3.91. The molecule has 1 amide bonds. The highest BCUT2D eigenvalue weighted by Crippen LogP contribution is 2.46. The first-order valence-electron chi connectivity index (χ1n) is 14.0. The van der Waals surface area contributed by atoms with Crippen LogP contribution in [0.5, 0.6) is 11.5 Å². The van der Waals surface area contributed by atoms with E-state index in [1.54, 1.807) is 29.7 Å². The van der Waals surface area contributed by atoms with Crippen molar-refractivity contribution in [3.8, 4) is 11.5 Å². The first kappa shape index (κ1) is 27.9. The van der Waals surface area contributed by atoms with Gasteiger partial charge in [0.2, 0.25) is 0 Å². The summed E-state index contributed by atoms with van der Waals surface area (Å²) >= 11 is 1.64. The number of anilines is 2. The van der Waals surface area contributed by atoms with Crippen LogP contribution in [0.15, 0.2) is 90.4 Å². The molecule has 2 aromatic heterocycles. The predicted molar refractivity (Wildman–Crippen MR) is 167 cm³/mol. The van der Waals surface area contributed by atoms with E-state index in [1.807, 2.05) is 61.4 Å². The largest absolute Gasteiger partial charge is 0.453 e. The first-order chi connectivity index (χ1) is 20.2. The lowest BCUT2D eigenvalue weighted by Gasteiger charge is -2.29. The van der Waals surface area contributed by atoms with Gasteiger partial charge < -0.3 is 15.4 Å². The second-order valence-corrected chi connectivity index (χ2v) is 12.2. The average Bonchev–Trinajstić information content (AvgIpc) is 3.53. The number of benzene rings is 2. The molecule has 0 saturated heterocycles. The van der Waals surface area contributed by atoms with Crippen molar-refractivity contribution in [1.29, 1.82) is 0 Å². The molecule has 1 unspecified atom stereocenters. The topological polar surface area (TPSA) is 69.7 Å². The van der Waals surface area contributed by atoms with Gasteiger partial charge in [0.15, 0.2) is 11.6 Å². The van der Waals surface area contributed by atoms with Gasteiger partial charge in [0, 0.05) is 47.2 Å². The van der Waals surface area contributed by atoms with Crippen molar-refractivity contribution >= 4 is 38.8 Å². The number of para-hydroxylation sites is 1. The number of carbonyl (C=O) groups excluding carboxylic acids is 1. The van der Waals surface area contributed by atoms with E-state index in [-0.39, 0.29) is 17.2 Å². The van der Waals surface area contributed by atoms with Crippen LogP contribution in [-0.2, 0) is 4.79 Å². The molecule has 4 aromatic rings. The molecule has 2 aliphatic rings. The fourth-order valence-corrected chi connectivity index (χ4v) is 6.74. The zero-order valence-corrected chi connectivity index (χ0v) is 25.0. The summed E-state index contributed by atoms with van der Waals surface area (Å²) in [5, 5.41) is 10.0. The molecule has 0 radical (unpaired) electrons. The van der Waals surface area contributed by atoms with Gasteiger partial charge in [-0.15, -0.1) is 11.3 Å². The lowest BCUT2D eigenvalue weighted by atomic mass is 9.98. The van der Waals surface area contributed by atoms with E-state index in [0.29, 0.717) is 28.6 Å². The van der Waals surface area contributed by atoms with Crippen LogP contribution in [0.2, 0.25) is 0 Å². The summed E-state index contributed by atoms with van der Waals surface area (Å²) < 4.78 is 22.2. The highest BCUT2D eigenvalue weighted by Gasteiger charge is 2.42. The molecule has 7 nitrogen and oxygen atoms in total. The number of thiophene rings is 1. The molecular formula is C33H34FN5O2S. The minimum absolute atomic E-state index is 0.0753. The molecule has 0 bridgehead atoms. The molecule has 0 spiro atoms. The SMILES string of the molecule is C=C1C(C(=O)Nc2ccc(Oc3ccnc4cc(C(C)CC5(NC)CC5)sc34)c(F)c2)=C(C)N(C)N1c1ccccc1. The van der Waals surface area contributed by atoms with E-state index >= 15 is 4.39 Å². The van der Waals surface area contributed by atoms with E-state index < -0.39 is 5.82 Å². The first-order valence-corrected chi connectivity index (χ1v) is 14.9. The zero-order valence-electron chi connectivity index (χ0n) is 24.2. The molecule has 1 fully saturated rings. The van der Waals surface area contributed by atoms with E-state index in [0.717, 1.165) is 28.0 Å². The fourth-order valence-electron chi connectivity index (χ4n) is 5.62. The van der Waals surface area contributed by atoms with Crippen LogP contribution in [0.4, 0.5) is 15.8 Å². The number of pyridine rings is 1. The monoisotopic (exact) mass is 583 g/mol. The number of nitrogens with one attached hydrogen (secondary N) is 2. The van der Waals surface area contributed by atoms with Crippen LogP contribution < -0.4 is 20.4 Å². The van der Waals surface area contributed by atoms with Gasteiger partial charge in [-0.25, -0.2) is 4.39 Å². The number of fused-ring (bicyclic) bond motifs is 1. The number of halogens is 1. The molecule has 216 valence electrons. The highest BCUT2D eigenvalue weighted by atomic mass is 32.1. The maximum absolute atomic E-state index is 15.3. The van der Waals surface area contributed by atoms with Crippen molar-refractivity contribution in [1.82, 2.24) is 15.3 Å². The van der Waals surface area contributed by atoms with Crippen molar-refractivity contribution in [2.45, 2.75) is 44.6 Å². The van der Waals surface area contributed by atoms with Gasteiger partial charge in [0.1, 0.15) is 5.75 Å². The normalized spacial score (nSPS) is 16.7. The van der Waals surface area contributed by atoms with Gasteiger partial charge in [-0.1, -0.05) is 31.7 Å². The number of allylic oxidation sites excluding steroid dienone is 1. The molecule has 6 rings (SSSR count).